The van der Waals surface area contributed by atoms with E-state index in [1.165, 1.54) is 11.3 Å². The number of hydrogen-bond donors (Lipinski definition) is 1. The molecule has 0 saturated heterocycles. The summed E-state index contributed by atoms with van der Waals surface area (Å²) in [6, 6.07) is 0. The molecule has 2 aromatic heterocycles. The summed E-state index contributed by atoms with van der Waals surface area (Å²) < 4.78 is 1.77. The number of halogens is 1. The molecule has 0 aliphatic heterocycles. The molecule has 0 aromatic carbocycles. The van der Waals surface area contributed by atoms with E-state index in [0.717, 1.165) is 23.1 Å². The minimum atomic E-state index is 0.589. The van der Waals surface area contributed by atoms with E-state index in [2.05, 4.69) is 31.2 Å². The highest BCUT2D eigenvalue weighted by atomic mass is 79.9. The Labute approximate surface area is 99.4 Å². The molecule has 2 rings (SSSR count). The van der Waals surface area contributed by atoms with Gasteiger partial charge in [-0.25, -0.2) is 9.67 Å². The molecule has 0 fully saturated rings. The van der Waals surface area contributed by atoms with Crippen LogP contribution in [-0.2, 0) is 13.0 Å². The minimum Gasteiger partial charge on any atom is -0.375 e. The Morgan fingerprint density at radius 1 is 1.47 bits per heavy atom. The molecule has 0 amide bonds. The van der Waals surface area contributed by atoms with Gasteiger partial charge in [-0.05, 0) is 0 Å². The molecule has 0 aliphatic rings. The van der Waals surface area contributed by atoms with Crippen LogP contribution in [-0.4, -0.2) is 25.3 Å². The number of hydrogen-bond acceptors (Lipinski definition) is 5. The third-order valence-corrected chi connectivity index (χ3v) is 2.95. The molecule has 2 N–H and O–H groups in total. The van der Waals surface area contributed by atoms with Crippen LogP contribution in [0, 0.1) is 0 Å². The van der Waals surface area contributed by atoms with Crippen molar-refractivity contribution in [3.63, 3.8) is 0 Å². The number of nitrogens with two attached hydrogens (primary N) is 1. The molecule has 0 spiro atoms. The van der Waals surface area contributed by atoms with Crippen LogP contribution in [0.15, 0.2) is 11.6 Å². The summed E-state index contributed by atoms with van der Waals surface area (Å²) in [5.74, 6) is 0. The number of aromatic nitrogens is 4. The van der Waals surface area contributed by atoms with Gasteiger partial charge in [-0.2, -0.15) is 0 Å². The van der Waals surface area contributed by atoms with Crippen LogP contribution in [0.1, 0.15) is 11.4 Å². The molecule has 80 valence electrons. The van der Waals surface area contributed by atoms with Crippen molar-refractivity contribution in [2.24, 2.45) is 0 Å². The molecule has 0 bridgehead atoms. The largest absolute Gasteiger partial charge is 0.375 e. The summed E-state index contributed by atoms with van der Waals surface area (Å²) in [7, 11) is 0. The van der Waals surface area contributed by atoms with E-state index in [1.807, 2.05) is 11.6 Å². The summed E-state index contributed by atoms with van der Waals surface area (Å²) in [5, 5.41) is 11.5. The number of nitrogens with zero attached hydrogens (tertiary/aromatic N) is 4. The normalized spacial score (nSPS) is 10.7. The lowest BCUT2D eigenvalue weighted by atomic mass is 10.4. The number of rotatable bonds is 4. The van der Waals surface area contributed by atoms with Gasteiger partial charge >= 0.3 is 0 Å². The average molecular weight is 288 g/mol. The van der Waals surface area contributed by atoms with Gasteiger partial charge in [-0.1, -0.05) is 21.1 Å². The minimum absolute atomic E-state index is 0.589. The smallest absolute Gasteiger partial charge is 0.180 e. The topological polar surface area (TPSA) is 69.6 Å². The quantitative estimate of drug-likeness (QED) is 0.861. The van der Waals surface area contributed by atoms with Crippen molar-refractivity contribution in [1.82, 2.24) is 20.0 Å². The summed E-state index contributed by atoms with van der Waals surface area (Å²) >= 11 is 4.80. The van der Waals surface area contributed by atoms with E-state index >= 15 is 0 Å². The second-order valence-corrected chi connectivity index (χ2v) is 4.71. The van der Waals surface area contributed by atoms with Crippen LogP contribution < -0.4 is 5.73 Å². The van der Waals surface area contributed by atoms with E-state index in [1.54, 1.807) is 4.68 Å². The van der Waals surface area contributed by atoms with Crippen LogP contribution in [0.5, 0.6) is 0 Å². The molecule has 0 aliphatic carbocycles. The third-order valence-electron chi connectivity index (χ3n) is 1.83. The summed E-state index contributed by atoms with van der Waals surface area (Å²) in [6.07, 6.45) is 2.82. The van der Waals surface area contributed by atoms with E-state index in [4.69, 9.17) is 5.73 Å². The molecule has 5 nitrogen and oxygen atoms in total. The molecule has 2 heterocycles. The summed E-state index contributed by atoms with van der Waals surface area (Å²) in [4.78, 5) is 4.16. The zero-order chi connectivity index (χ0) is 10.7. The molecule has 0 atom stereocenters. The fraction of sp³-hybridized carbons (Fsp3) is 0.375. The van der Waals surface area contributed by atoms with E-state index in [-0.39, 0.29) is 0 Å². The van der Waals surface area contributed by atoms with Crippen LogP contribution in [0.2, 0.25) is 0 Å². The Bertz CT molecular complexity index is 438. The summed E-state index contributed by atoms with van der Waals surface area (Å²) in [5.41, 5.74) is 7.45. The van der Waals surface area contributed by atoms with E-state index in [9.17, 15) is 0 Å². The van der Waals surface area contributed by atoms with Crippen LogP contribution in [0.25, 0.3) is 0 Å². The molecule has 7 heteroatoms. The first-order chi connectivity index (χ1) is 7.28. The number of aryl methyl sites for hydroxylation is 1. The fourth-order valence-electron chi connectivity index (χ4n) is 1.19. The molecule has 0 unspecified atom stereocenters. The highest BCUT2D eigenvalue weighted by Gasteiger charge is 2.03. The molecule has 2 aromatic rings. The van der Waals surface area contributed by atoms with E-state index < -0.39 is 0 Å². The molecular weight excluding hydrogens is 278 g/mol. The van der Waals surface area contributed by atoms with Crippen molar-refractivity contribution in [2.75, 3.05) is 11.1 Å². The first-order valence-corrected chi connectivity index (χ1v) is 6.43. The van der Waals surface area contributed by atoms with Gasteiger partial charge in [0.1, 0.15) is 0 Å². The van der Waals surface area contributed by atoms with Crippen molar-refractivity contribution >= 4 is 32.4 Å². The van der Waals surface area contributed by atoms with Gasteiger partial charge in [-0.3, -0.25) is 0 Å². The lowest BCUT2D eigenvalue weighted by molar-refractivity contribution is 0.641. The van der Waals surface area contributed by atoms with Gasteiger partial charge in [0.05, 0.1) is 17.9 Å². The maximum atomic E-state index is 5.54. The number of alkyl halides is 1. The van der Waals surface area contributed by atoms with Crippen molar-refractivity contribution in [2.45, 2.75) is 13.0 Å². The maximum Gasteiger partial charge on any atom is 0.180 e. The van der Waals surface area contributed by atoms with Crippen molar-refractivity contribution in [1.29, 1.82) is 0 Å². The Balaban J connectivity index is 2.04. The fourth-order valence-corrected chi connectivity index (χ4v) is 2.15. The molecule has 15 heavy (non-hydrogen) atoms. The Hall–Kier alpha value is -0.950. The average Bonchev–Trinajstić information content (AvgIpc) is 2.78. The molecular formula is C8H10BrN5S. The van der Waals surface area contributed by atoms with Gasteiger partial charge in [0.25, 0.3) is 0 Å². The zero-order valence-electron chi connectivity index (χ0n) is 7.93. The maximum absolute atomic E-state index is 5.54. The van der Waals surface area contributed by atoms with Gasteiger partial charge < -0.3 is 5.73 Å². The number of nitrogen functional groups attached to an aromatic ring is 1. The Morgan fingerprint density at radius 2 is 2.33 bits per heavy atom. The lowest BCUT2D eigenvalue weighted by Crippen LogP contribution is -2.00. The number of thiazole rings is 1. The van der Waals surface area contributed by atoms with Gasteiger partial charge in [0.15, 0.2) is 5.13 Å². The van der Waals surface area contributed by atoms with E-state index in [0.29, 0.717) is 11.7 Å². The molecule has 0 radical (unpaired) electrons. The molecule has 0 saturated carbocycles. The summed E-state index contributed by atoms with van der Waals surface area (Å²) in [6.45, 7) is 0.628. The first-order valence-electron chi connectivity index (χ1n) is 4.43. The van der Waals surface area contributed by atoms with Gasteiger partial charge in [0.2, 0.25) is 0 Å². The monoisotopic (exact) mass is 287 g/mol. The van der Waals surface area contributed by atoms with Gasteiger partial charge in [0, 0.05) is 23.3 Å². The van der Waals surface area contributed by atoms with Crippen molar-refractivity contribution < 1.29 is 0 Å². The standard InChI is InChI=1S/C8H10BrN5S/c9-2-1-6-3-14(13-12-6)4-7-5-15-8(10)11-7/h3,5H,1-2,4H2,(H2,10,11). The lowest BCUT2D eigenvalue weighted by Gasteiger charge is -1.94. The van der Waals surface area contributed by atoms with Crippen LogP contribution in [0.3, 0.4) is 0 Å². The Morgan fingerprint density at radius 3 is 3.00 bits per heavy atom. The van der Waals surface area contributed by atoms with Crippen LogP contribution in [0.4, 0.5) is 5.13 Å². The first kappa shape index (κ1) is 10.6. The highest BCUT2D eigenvalue weighted by Crippen LogP contribution is 2.11. The predicted octanol–water partition coefficient (Wildman–Crippen LogP) is 1.30. The van der Waals surface area contributed by atoms with Crippen LogP contribution >= 0.6 is 27.3 Å². The highest BCUT2D eigenvalue weighted by molar-refractivity contribution is 9.09. The zero-order valence-corrected chi connectivity index (χ0v) is 10.3. The second-order valence-electron chi connectivity index (χ2n) is 3.02. The predicted molar refractivity (Wildman–Crippen MR) is 63.1 cm³/mol. The van der Waals surface area contributed by atoms with Gasteiger partial charge in [-0.15, -0.1) is 16.4 Å². The number of anilines is 1. The second kappa shape index (κ2) is 4.71. The third kappa shape index (κ3) is 2.75. The van der Waals surface area contributed by atoms with Crippen molar-refractivity contribution in [3.05, 3.63) is 23.0 Å². The Kier molecular flexibility index (Phi) is 3.32. The SMILES string of the molecule is Nc1nc(Cn2cc(CCBr)nn2)cs1. The van der Waals surface area contributed by atoms with Crippen molar-refractivity contribution in [3.8, 4) is 0 Å².